The number of carboxylic acid groups (broad SMARTS) is 1. The van der Waals surface area contributed by atoms with Gasteiger partial charge in [0.15, 0.2) is 0 Å². The van der Waals surface area contributed by atoms with Crippen molar-refractivity contribution in [2.75, 3.05) is 6.54 Å². The first-order valence-corrected chi connectivity index (χ1v) is 7.65. The maximum Gasteiger partial charge on any atom is 0.326 e. The number of hydrogen-bond acceptors (Lipinski definition) is 2. The van der Waals surface area contributed by atoms with E-state index < -0.39 is 12.0 Å². The summed E-state index contributed by atoms with van der Waals surface area (Å²) in [7, 11) is 0. The van der Waals surface area contributed by atoms with Crippen molar-refractivity contribution in [2.24, 2.45) is 11.3 Å². The van der Waals surface area contributed by atoms with E-state index in [0.29, 0.717) is 6.54 Å². The van der Waals surface area contributed by atoms with Gasteiger partial charge in [-0.25, -0.2) is 9.59 Å². The number of urea groups is 1. The molecule has 5 heteroatoms. The van der Waals surface area contributed by atoms with Gasteiger partial charge < -0.3 is 15.7 Å². The van der Waals surface area contributed by atoms with Crippen LogP contribution in [0, 0.1) is 11.3 Å². The molecule has 2 amide bonds. The smallest absolute Gasteiger partial charge is 0.326 e. The Morgan fingerprint density at radius 2 is 1.85 bits per heavy atom. The number of hydrogen-bond donors (Lipinski definition) is 3. The van der Waals surface area contributed by atoms with Crippen LogP contribution in [0.4, 0.5) is 4.79 Å². The van der Waals surface area contributed by atoms with Crippen molar-refractivity contribution in [1.82, 2.24) is 10.6 Å². The van der Waals surface area contributed by atoms with Gasteiger partial charge in [-0.2, -0.15) is 0 Å². The van der Waals surface area contributed by atoms with Crippen molar-refractivity contribution >= 4 is 12.0 Å². The van der Waals surface area contributed by atoms with Gasteiger partial charge >= 0.3 is 12.0 Å². The van der Waals surface area contributed by atoms with Crippen molar-refractivity contribution < 1.29 is 14.7 Å². The standard InChI is InChI=1S/C15H28N2O3/c1-4-11(2)12(13(18)19)17-14(20)16-10-15(3)8-6-5-7-9-15/h11-12H,4-10H2,1-3H3,(H,18,19)(H2,16,17,20)/t11?,12-/m0/s1. The molecule has 0 spiro atoms. The van der Waals surface area contributed by atoms with Gasteiger partial charge in [0.2, 0.25) is 0 Å². The molecule has 1 aliphatic rings. The van der Waals surface area contributed by atoms with Crippen molar-refractivity contribution in [3.05, 3.63) is 0 Å². The monoisotopic (exact) mass is 284 g/mol. The summed E-state index contributed by atoms with van der Waals surface area (Å²) in [5, 5.41) is 14.6. The zero-order chi connectivity index (χ0) is 15.2. The molecule has 1 unspecified atom stereocenters. The van der Waals surface area contributed by atoms with Gasteiger partial charge in [-0.1, -0.05) is 46.5 Å². The highest BCUT2D eigenvalue weighted by Crippen LogP contribution is 2.34. The Balaban J connectivity index is 2.43. The molecule has 1 fully saturated rings. The van der Waals surface area contributed by atoms with Crippen LogP contribution in [0.1, 0.15) is 59.3 Å². The molecule has 1 aliphatic carbocycles. The second-order valence-electron chi connectivity index (χ2n) is 6.40. The Morgan fingerprint density at radius 3 is 2.35 bits per heavy atom. The molecule has 0 aromatic rings. The van der Waals surface area contributed by atoms with E-state index in [1.807, 2.05) is 13.8 Å². The molecule has 116 valence electrons. The number of nitrogens with one attached hydrogen (secondary N) is 2. The Kier molecular flexibility index (Phi) is 6.30. The summed E-state index contributed by atoms with van der Waals surface area (Å²) in [5.74, 6) is -1.05. The molecular weight excluding hydrogens is 256 g/mol. The minimum absolute atomic E-state index is 0.0801. The Hall–Kier alpha value is -1.26. The second kappa shape index (κ2) is 7.50. The van der Waals surface area contributed by atoms with Gasteiger partial charge in [0.05, 0.1) is 0 Å². The maximum atomic E-state index is 11.9. The summed E-state index contributed by atoms with van der Waals surface area (Å²) in [6, 6.07) is -1.19. The Bertz CT molecular complexity index is 338. The molecule has 0 bridgehead atoms. The van der Waals surface area contributed by atoms with E-state index in [2.05, 4.69) is 17.6 Å². The maximum absolute atomic E-state index is 11.9. The van der Waals surface area contributed by atoms with E-state index >= 15 is 0 Å². The van der Waals surface area contributed by atoms with E-state index in [-0.39, 0.29) is 17.4 Å². The first-order chi connectivity index (χ1) is 9.38. The quantitative estimate of drug-likeness (QED) is 0.701. The van der Waals surface area contributed by atoms with Gasteiger partial charge in [0.25, 0.3) is 0 Å². The summed E-state index contributed by atoms with van der Waals surface area (Å²) in [6.07, 6.45) is 6.67. The van der Waals surface area contributed by atoms with Crippen LogP contribution in [-0.4, -0.2) is 29.7 Å². The Morgan fingerprint density at radius 1 is 1.25 bits per heavy atom. The van der Waals surface area contributed by atoms with Crippen LogP contribution < -0.4 is 10.6 Å². The predicted octanol–water partition coefficient (Wildman–Crippen LogP) is 2.76. The molecule has 0 radical (unpaired) electrons. The number of carbonyl (C=O) groups is 2. The van der Waals surface area contributed by atoms with Crippen LogP contribution >= 0.6 is 0 Å². The summed E-state index contributed by atoms with van der Waals surface area (Å²) < 4.78 is 0. The van der Waals surface area contributed by atoms with Crippen LogP contribution in [0.3, 0.4) is 0 Å². The molecule has 1 rings (SSSR count). The predicted molar refractivity (Wildman–Crippen MR) is 78.6 cm³/mol. The normalized spacial score (nSPS) is 20.8. The number of aliphatic carboxylic acids is 1. The molecular formula is C15H28N2O3. The highest BCUT2D eigenvalue weighted by atomic mass is 16.4. The van der Waals surface area contributed by atoms with Crippen molar-refractivity contribution in [3.8, 4) is 0 Å². The lowest BCUT2D eigenvalue weighted by molar-refractivity contribution is -0.140. The number of amides is 2. The average Bonchev–Trinajstić information content (AvgIpc) is 2.42. The zero-order valence-corrected chi connectivity index (χ0v) is 12.9. The minimum Gasteiger partial charge on any atom is -0.480 e. The molecule has 0 aromatic heterocycles. The first-order valence-electron chi connectivity index (χ1n) is 7.65. The largest absolute Gasteiger partial charge is 0.480 e. The lowest BCUT2D eigenvalue weighted by Crippen LogP contribution is -2.50. The van der Waals surface area contributed by atoms with Crippen molar-refractivity contribution in [1.29, 1.82) is 0 Å². The van der Waals surface area contributed by atoms with Gasteiger partial charge in [0, 0.05) is 6.54 Å². The number of rotatable bonds is 6. The van der Waals surface area contributed by atoms with E-state index in [0.717, 1.165) is 19.3 Å². The minimum atomic E-state index is -0.974. The van der Waals surface area contributed by atoms with Gasteiger partial charge in [-0.15, -0.1) is 0 Å². The third-order valence-electron chi connectivity index (χ3n) is 4.50. The van der Waals surface area contributed by atoms with Gasteiger partial charge in [-0.3, -0.25) is 0 Å². The summed E-state index contributed by atoms with van der Waals surface area (Å²) in [4.78, 5) is 23.0. The van der Waals surface area contributed by atoms with Crippen LogP contribution in [0.2, 0.25) is 0 Å². The highest BCUT2D eigenvalue weighted by molar-refractivity contribution is 5.82. The topological polar surface area (TPSA) is 78.4 Å². The SMILES string of the molecule is CCC(C)[C@H](NC(=O)NCC1(C)CCCCC1)C(=O)O. The first kappa shape index (κ1) is 16.8. The van der Waals surface area contributed by atoms with E-state index in [1.165, 1.54) is 19.3 Å². The van der Waals surface area contributed by atoms with E-state index in [9.17, 15) is 9.59 Å². The number of carbonyl (C=O) groups excluding carboxylic acids is 1. The average molecular weight is 284 g/mol. The Labute approximate surface area is 121 Å². The number of carboxylic acids is 1. The molecule has 0 aromatic carbocycles. The fraction of sp³-hybridized carbons (Fsp3) is 0.867. The summed E-state index contributed by atoms with van der Waals surface area (Å²) >= 11 is 0. The fourth-order valence-electron chi connectivity index (χ4n) is 2.75. The highest BCUT2D eigenvalue weighted by Gasteiger charge is 2.29. The van der Waals surface area contributed by atoms with Crippen LogP contribution in [0.5, 0.6) is 0 Å². The van der Waals surface area contributed by atoms with Gasteiger partial charge in [-0.05, 0) is 24.2 Å². The summed E-state index contributed by atoms with van der Waals surface area (Å²) in [6.45, 7) is 6.56. The lowest BCUT2D eigenvalue weighted by atomic mass is 9.76. The van der Waals surface area contributed by atoms with Crippen LogP contribution in [0.15, 0.2) is 0 Å². The fourth-order valence-corrected chi connectivity index (χ4v) is 2.75. The third-order valence-corrected chi connectivity index (χ3v) is 4.50. The van der Waals surface area contributed by atoms with Gasteiger partial charge in [0.1, 0.15) is 6.04 Å². The zero-order valence-electron chi connectivity index (χ0n) is 12.9. The molecule has 20 heavy (non-hydrogen) atoms. The lowest BCUT2D eigenvalue weighted by Gasteiger charge is -2.33. The molecule has 5 nitrogen and oxygen atoms in total. The molecule has 2 atom stereocenters. The van der Waals surface area contributed by atoms with Crippen molar-refractivity contribution in [2.45, 2.75) is 65.3 Å². The molecule has 3 N–H and O–H groups in total. The third kappa shape index (κ3) is 5.02. The second-order valence-corrected chi connectivity index (χ2v) is 6.40. The van der Waals surface area contributed by atoms with E-state index in [1.54, 1.807) is 0 Å². The molecule has 0 aliphatic heterocycles. The van der Waals surface area contributed by atoms with Crippen LogP contribution in [-0.2, 0) is 4.79 Å². The van der Waals surface area contributed by atoms with Crippen molar-refractivity contribution in [3.63, 3.8) is 0 Å². The molecule has 0 heterocycles. The molecule has 1 saturated carbocycles. The van der Waals surface area contributed by atoms with E-state index in [4.69, 9.17) is 5.11 Å². The molecule has 0 saturated heterocycles. The summed E-state index contributed by atoms with van der Waals surface area (Å²) in [5.41, 5.74) is 0.157. The van der Waals surface area contributed by atoms with Crippen LogP contribution in [0.25, 0.3) is 0 Å².